The van der Waals surface area contributed by atoms with Gasteiger partial charge >= 0.3 is 0 Å². The molecule has 2 rings (SSSR count). The molecule has 2 nitrogen and oxygen atoms in total. The molecule has 0 aromatic heterocycles. The van der Waals surface area contributed by atoms with Gasteiger partial charge in [0.15, 0.2) is 0 Å². The zero-order valence-corrected chi connectivity index (χ0v) is 8.60. The molecule has 0 N–H and O–H groups in total. The minimum Gasteiger partial charge on any atom is -0.374 e. The van der Waals surface area contributed by atoms with Crippen molar-refractivity contribution in [3.05, 3.63) is 29.8 Å². The molecule has 1 heterocycles. The minimum atomic E-state index is 0.0717. The third-order valence-electron chi connectivity index (χ3n) is 3.03. The first-order valence-electron chi connectivity index (χ1n) is 4.99. The minimum absolute atomic E-state index is 0.0717. The normalized spacial score (nSPS) is 25.7. The van der Waals surface area contributed by atoms with Crippen LogP contribution in [0.15, 0.2) is 24.3 Å². The number of para-hydroxylation sites is 1. The molecule has 2 atom stereocenters. The van der Waals surface area contributed by atoms with Crippen molar-refractivity contribution in [3.63, 3.8) is 0 Å². The summed E-state index contributed by atoms with van der Waals surface area (Å²) in [6.07, 6.45) is 1.08. The molecule has 1 aromatic rings. The van der Waals surface area contributed by atoms with Gasteiger partial charge in [-0.1, -0.05) is 25.1 Å². The van der Waals surface area contributed by atoms with Crippen LogP contribution < -0.4 is 4.90 Å². The van der Waals surface area contributed by atoms with Crippen LogP contribution >= 0.6 is 0 Å². The van der Waals surface area contributed by atoms with Crippen molar-refractivity contribution in [2.24, 2.45) is 5.92 Å². The van der Waals surface area contributed by atoms with E-state index in [4.69, 9.17) is 0 Å². The molecule has 0 amide bonds. The van der Waals surface area contributed by atoms with Crippen molar-refractivity contribution < 1.29 is 4.79 Å². The second-order valence-electron chi connectivity index (χ2n) is 4.08. The first-order chi connectivity index (χ1) is 6.74. The van der Waals surface area contributed by atoms with Crippen molar-refractivity contribution in [3.8, 4) is 0 Å². The van der Waals surface area contributed by atoms with E-state index in [1.807, 2.05) is 12.1 Å². The Balaban J connectivity index is 2.50. The lowest BCUT2D eigenvalue weighted by Gasteiger charge is -2.35. The van der Waals surface area contributed by atoms with Crippen LogP contribution in [0.4, 0.5) is 5.69 Å². The maximum atomic E-state index is 11.0. The van der Waals surface area contributed by atoms with Crippen LogP contribution in [-0.2, 0) is 4.79 Å². The third-order valence-corrected chi connectivity index (χ3v) is 3.03. The van der Waals surface area contributed by atoms with Gasteiger partial charge in [-0.05, 0) is 17.5 Å². The number of benzene rings is 1. The lowest BCUT2D eigenvalue weighted by atomic mass is 9.83. The van der Waals surface area contributed by atoms with E-state index in [0.29, 0.717) is 5.92 Å². The lowest BCUT2D eigenvalue weighted by Crippen LogP contribution is -2.34. The van der Waals surface area contributed by atoms with E-state index in [1.54, 1.807) is 0 Å². The topological polar surface area (TPSA) is 20.3 Å². The molecule has 0 bridgehead atoms. The van der Waals surface area contributed by atoms with Crippen molar-refractivity contribution in [2.75, 3.05) is 18.5 Å². The fourth-order valence-electron chi connectivity index (χ4n) is 2.27. The van der Waals surface area contributed by atoms with E-state index in [0.717, 1.165) is 12.8 Å². The van der Waals surface area contributed by atoms with Gasteiger partial charge in [-0.25, -0.2) is 0 Å². The lowest BCUT2D eigenvalue weighted by molar-refractivity contribution is -0.110. The van der Waals surface area contributed by atoms with Crippen molar-refractivity contribution in [1.29, 1.82) is 0 Å². The summed E-state index contributed by atoms with van der Waals surface area (Å²) in [5.41, 5.74) is 2.37. The summed E-state index contributed by atoms with van der Waals surface area (Å²) in [7, 11) is 2.08. The Morgan fingerprint density at radius 2 is 2.14 bits per heavy atom. The quantitative estimate of drug-likeness (QED) is 0.630. The van der Waals surface area contributed by atoms with Crippen LogP contribution in [0.1, 0.15) is 18.4 Å². The van der Waals surface area contributed by atoms with E-state index in [2.05, 4.69) is 31.0 Å². The highest BCUT2D eigenvalue weighted by Crippen LogP contribution is 2.36. The van der Waals surface area contributed by atoms with Crippen LogP contribution in [0.25, 0.3) is 0 Å². The fourth-order valence-corrected chi connectivity index (χ4v) is 2.27. The highest BCUT2D eigenvalue weighted by atomic mass is 16.1. The van der Waals surface area contributed by atoms with Crippen molar-refractivity contribution >= 4 is 12.0 Å². The number of rotatable bonds is 1. The highest BCUT2D eigenvalue weighted by Gasteiger charge is 2.28. The second-order valence-corrected chi connectivity index (χ2v) is 4.08. The Morgan fingerprint density at radius 3 is 2.86 bits per heavy atom. The summed E-state index contributed by atoms with van der Waals surface area (Å²) >= 11 is 0. The van der Waals surface area contributed by atoms with E-state index in [-0.39, 0.29) is 5.92 Å². The molecule has 2 heteroatoms. The summed E-state index contributed by atoms with van der Waals surface area (Å²) in [4.78, 5) is 13.2. The Bertz CT molecular complexity index is 348. The Hall–Kier alpha value is -1.31. The van der Waals surface area contributed by atoms with Crippen molar-refractivity contribution in [2.45, 2.75) is 12.8 Å². The average molecular weight is 189 g/mol. The van der Waals surface area contributed by atoms with Crippen LogP contribution in [0.5, 0.6) is 0 Å². The molecule has 2 unspecified atom stereocenters. The summed E-state index contributed by atoms with van der Waals surface area (Å²) in [6.45, 7) is 3.09. The van der Waals surface area contributed by atoms with Gasteiger partial charge in [0.25, 0.3) is 0 Å². The zero-order valence-electron chi connectivity index (χ0n) is 8.60. The summed E-state index contributed by atoms with van der Waals surface area (Å²) in [5.74, 6) is 0.481. The molecular weight excluding hydrogens is 174 g/mol. The number of hydrogen-bond donors (Lipinski definition) is 0. The smallest absolute Gasteiger partial charge is 0.127 e. The summed E-state index contributed by atoms with van der Waals surface area (Å²) in [6, 6.07) is 8.16. The first kappa shape index (κ1) is 9.25. The van der Waals surface area contributed by atoms with E-state index in [9.17, 15) is 4.79 Å². The van der Waals surface area contributed by atoms with Crippen LogP contribution in [-0.4, -0.2) is 19.9 Å². The van der Waals surface area contributed by atoms with Crippen LogP contribution in [0.3, 0.4) is 0 Å². The van der Waals surface area contributed by atoms with Gasteiger partial charge in [0.2, 0.25) is 0 Å². The second kappa shape index (κ2) is 3.45. The monoisotopic (exact) mass is 189 g/mol. The van der Waals surface area contributed by atoms with Gasteiger partial charge in [-0.3, -0.25) is 0 Å². The van der Waals surface area contributed by atoms with Gasteiger partial charge in [-0.15, -0.1) is 0 Å². The SMILES string of the molecule is CC1CN(C)c2ccccc2C1C=O. The molecule has 0 aliphatic carbocycles. The molecule has 1 aliphatic rings. The molecule has 1 aromatic carbocycles. The molecule has 0 spiro atoms. The molecule has 0 saturated carbocycles. The average Bonchev–Trinajstić information content (AvgIpc) is 2.18. The number of carbonyl (C=O) groups excluding carboxylic acids is 1. The molecule has 74 valence electrons. The molecule has 0 saturated heterocycles. The Labute approximate surface area is 84.5 Å². The van der Waals surface area contributed by atoms with Gasteiger partial charge in [-0.2, -0.15) is 0 Å². The first-order valence-corrected chi connectivity index (χ1v) is 4.99. The number of anilines is 1. The molecular formula is C12H15NO. The van der Waals surface area contributed by atoms with Crippen molar-refractivity contribution in [1.82, 2.24) is 0 Å². The number of nitrogens with zero attached hydrogens (tertiary/aromatic N) is 1. The predicted octanol–water partition coefficient (Wildman–Crippen LogP) is 2.05. The predicted molar refractivity (Wildman–Crippen MR) is 57.7 cm³/mol. The summed E-state index contributed by atoms with van der Waals surface area (Å²) in [5, 5.41) is 0. The number of carbonyl (C=O) groups is 1. The van der Waals surface area contributed by atoms with Gasteiger partial charge in [0.1, 0.15) is 6.29 Å². The van der Waals surface area contributed by atoms with Gasteiger partial charge < -0.3 is 9.69 Å². The molecule has 0 radical (unpaired) electrons. The fraction of sp³-hybridized carbons (Fsp3) is 0.417. The largest absolute Gasteiger partial charge is 0.374 e. The van der Waals surface area contributed by atoms with Gasteiger partial charge in [0.05, 0.1) is 0 Å². The maximum Gasteiger partial charge on any atom is 0.127 e. The van der Waals surface area contributed by atoms with Gasteiger partial charge in [0, 0.05) is 25.2 Å². The molecule has 1 aliphatic heterocycles. The highest BCUT2D eigenvalue weighted by molar-refractivity contribution is 5.71. The number of fused-ring (bicyclic) bond motifs is 1. The van der Waals surface area contributed by atoms with E-state index in [1.165, 1.54) is 11.3 Å². The third kappa shape index (κ3) is 1.31. The number of aldehydes is 1. The summed E-state index contributed by atoms with van der Waals surface area (Å²) < 4.78 is 0. The van der Waals surface area contributed by atoms with E-state index >= 15 is 0 Å². The van der Waals surface area contributed by atoms with Crippen LogP contribution in [0.2, 0.25) is 0 Å². The molecule has 14 heavy (non-hydrogen) atoms. The van der Waals surface area contributed by atoms with E-state index < -0.39 is 0 Å². The maximum absolute atomic E-state index is 11.0. The molecule has 0 fully saturated rings. The number of hydrogen-bond acceptors (Lipinski definition) is 2. The Morgan fingerprint density at radius 1 is 1.43 bits per heavy atom. The van der Waals surface area contributed by atoms with Crippen LogP contribution in [0, 0.1) is 5.92 Å². The Kier molecular flexibility index (Phi) is 2.28. The standard InChI is InChI=1S/C12H15NO/c1-9-7-13(2)12-6-4-3-5-10(12)11(9)8-14/h3-6,8-9,11H,7H2,1-2H3. The zero-order chi connectivity index (χ0) is 10.1.